The van der Waals surface area contributed by atoms with Crippen molar-refractivity contribution in [1.82, 2.24) is 15.6 Å². The summed E-state index contributed by atoms with van der Waals surface area (Å²) >= 11 is 0. The molecule has 0 amide bonds. The maximum atomic E-state index is 10.4. The first kappa shape index (κ1) is 23.6. The van der Waals surface area contributed by atoms with E-state index in [1.807, 2.05) is 12.3 Å². The number of aliphatic imine (C=N–C) groups is 1. The van der Waals surface area contributed by atoms with E-state index in [4.69, 9.17) is 0 Å². The van der Waals surface area contributed by atoms with Crippen molar-refractivity contribution in [3.8, 4) is 5.75 Å². The van der Waals surface area contributed by atoms with E-state index >= 15 is 0 Å². The lowest BCUT2D eigenvalue weighted by Crippen LogP contribution is -2.48. The number of halogens is 1. The van der Waals surface area contributed by atoms with Crippen molar-refractivity contribution in [1.29, 1.82) is 0 Å². The van der Waals surface area contributed by atoms with Crippen LogP contribution in [0.5, 0.6) is 5.75 Å². The minimum Gasteiger partial charge on any atom is -0.508 e. The van der Waals surface area contributed by atoms with Crippen LogP contribution in [0.25, 0.3) is 0 Å². The van der Waals surface area contributed by atoms with Gasteiger partial charge in [-0.25, -0.2) is 4.98 Å². The predicted molar refractivity (Wildman–Crippen MR) is 138 cm³/mol. The van der Waals surface area contributed by atoms with Gasteiger partial charge in [-0.1, -0.05) is 12.1 Å². The lowest BCUT2D eigenvalue weighted by molar-refractivity contribution is 0.455. The highest BCUT2D eigenvalue weighted by Gasteiger charge is 2.21. The smallest absolute Gasteiger partial charge is 0.191 e. The molecule has 0 atom stereocenters. The molecule has 31 heavy (non-hydrogen) atoms. The topological polar surface area (TPSA) is 72.8 Å². The molecule has 1 aliphatic carbocycles. The first-order valence-corrected chi connectivity index (χ1v) is 11.1. The summed E-state index contributed by atoms with van der Waals surface area (Å²) in [6, 6.07) is 8.53. The Morgan fingerprint density at radius 3 is 2.65 bits per heavy atom. The van der Waals surface area contributed by atoms with Crippen molar-refractivity contribution in [2.75, 3.05) is 25.0 Å². The number of phenols is 1. The van der Waals surface area contributed by atoms with Gasteiger partial charge in [0.2, 0.25) is 0 Å². The molecule has 2 aromatic rings. The molecule has 0 spiro atoms. The van der Waals surface area contributed by atoms with E-state index in [-0.39, 0.29) is 24.0 Å². The van der Waals surface area contributed by atoms with Crippen LogP contribution in [0.1, 0.15) is 47.9 Å². The minimum atomic E-state index is 0. The summed E-state index contributed by atoms with van der Waals surface area (Å²) in [5.41, 5.74) is 4.92. The second-order valence-corrected chi connectivity index (χ2v) is 8.43. The Balaban J connectivity index is 0.00000272. The third-order valence-electron chi connectivity index (χ3n) is 6.34. The van der Waals surface area contributed by atoms with Gasteiger partial charge in [0.15, 0.2) is 5.96 Å². The van der Waals surface area contributed by atoms with Crippen molar-refractivity contribution < 1.29 is 5.11 Å². The van der Waals surface area contributed by atoms with Crippen LogP contribution in [0, 0.1) is 6.92 Å². The van der Waals surface area contributed by atoms with Crippen molar-refractivity contribution in [2.45, 2.75) is 58.0 Å². The molecule has 2 aliphatic rings. The largest absolute Gasteiger partial charge is 0.508 e. The van der Waals surface area contributed by atoms with E-state index in [1.165, 1.54) is 29.5 Å². The fourth-order valence-electron chi connectivity index (χ4n) is 4.55. The molecule has 0 unspecified atom stereocenters. The second-order valence-electron chi connectivity index (χ2n) is 8.43. The van der Waals surface area contributed by atoms with Gasteiger partial charge in [-0.2, -0.15) is 0 Å². The zero-order valence-electron chi connectivity index (χ0n) is 18.5. The lowest BCUT2D eigenvalue weighted by Gasteiger charge is -2.34. The number of hydrogen-bond acceptors (Lipinski definition) is 4. The standard InChI is InChI=1S/C24H33N5O.HI/c1-17-7-10-23(26-15-17)29-13-11-19(12-14-29)28-24(25-2)27-16-21-20-6-4-3-5-18(20)8-9-22(21)30;/h7-10,15,19,30H,3-6,11-14,16H2,1-2H3,(H2,25,27,28);1H. The van der Waals surface area contributed by atoms with E-state index in [1.54, 1.807) is 7.05 Å². The molecule has 1 aromatic carbocycles. The van der Waals surface area contributed by atoms with Crippen LogP contribution in [-0.4, -0.2) is 42.2 Å². The third kappa shape index (κ3) is 5.81. The Morgan fingerprint density at radius 1 is 1.16 bits per heavy atom. The Bertz CT molecular complexity index is 892. The number of pyridine rings is 1. The summed E-state index contributed by atoms with van der Waals surface area (Å²) in [4.78, 5) is 11.3. The van der Waals surface area contributed by atoms with Crippen molar-refractivity contribution in [3.63, 3.8) is 0 Å². The minimum absolute atomic E-state index is 0. The highest BCUT2D eigenvalue weighted by Crippen LogP contribution is 2.30. The van der Waals surface area contributed by atoms with Gasteiger partial charge in [0.05, 0.1) is 0 Å². The van der Waals surface area contributed by atoms with Gasteiger partial charge in [-0.3, -0.25) is 4.99 Å². The van der Waals surface area contributed by atoms with Crippen LogP contribution in [0.3, 0.4) is 0 Å². The monoisotopic (exact) mass is 535 g/mol. The zero-order chi connectivity index (χ0) is 20.9. The molecule has 7 heteroatoms. The van der Waals surface area contributed by atoms with Gasteiger partial charge in [-0.15, -0.1) is 24.0 Å². The first-order valence-electron chi connectivity index (χ1n) is 11.1. The van der Waals surface area contributed by atoms with E-state index in [2.05, 4.69) is 50.6 Å². The average molecular weight is 535 g/mol. The number of anilines is 1. The molecular formula is C24H34IN5O. The summed E-state index contributed by atoms with van der Waals surface area (Å²) in [6.07, 6.45) is 8.63. The summed E-state index contributed by atoms with van der Waals surface area (Å²) < 4.78 is 0. The van der Waals surface area contributed by atoms with Crippen LogP contribution in [0.2, 0.25) is 0 Å². The van der Waals surface area contributed by atoms with Crippen molar-refractivity contribution >= 4 is 35.8 Å². The quantitative estimate of drug-likeness (QED) is 0.315. The van der Waals surface area contributed by atoms with Gasteiger partial charge >= 0.3 is 0 Å². The molecule has 0 bridgehead atoms. The van der Waals surface area contributed by atoms with E-state index in [0.29, 0.717) is 18.3 Å². The number of aryl methyl sites for hydroxylation is 2. The van der Waals surface area contributed by atoms with Gasteiger partial charge in [-0.05, 0) is 74.3 Å². The van der Waals surface area contributed by atoms with Crippen molar-refractivity contribution in [2.24, 2.45) is 4.99 Å². The van der Waals surface area contributed by atoms with E-state index < -0.39 is 0 Å². The molecule has 1 aromatic heterocycles. The number of phenolic OH excluding ortho intramolecular Hbond substituents is 1. The Hall–Kier alpha value is -2.03. The molecule has 1 fully saturated rings. The fraction of sp³-hybridized carbons (Fsp3) is 0.500. The Kier molecular flexibility index (Phi) is 8.40. The summed E-state index contributed by atoms with van der Waals surface area (Å²) in [5, 5.41) is 17.4. The first-order chi connectivity index (χ1) is 14.6. The molecule has 0 saturated carbocycles. The maximum Gasteiger partial charge on any atom is 0.191 e. The van der Waals surface area contributed by atoms with Gasteiger partial charge < -0.3 is 20.6 Å². The van der Waals surface area contributed by atoms with Gasteiger partial charge in [0.1, 0.15) is 11.6 Å². The molecule has 1 aliphatic heterocycles. The summed E-state index contributed by atoms with van der Waals surface area (Å²) in [5.74, 6) is 2.25. The Morgan fingerprint density at radius 2 is 1.94 bits per heavy atom. The van der Waals surface area contributed by atoms with Gasteiger partial charge in [0.25, 0.3) is 0 Å². The number of hydrogen-bond donors (Lipinski definition) is 3. The molecule has 3 N–H and O–H groups in total. The predicted octanol–water partition coefficient (Wildman–Crippen LogP) is 3.93. The highest BCUT2D eigenvalue weighted by atomic mass is 127. The number of guanidine groups is 1. The summed E-state index contributed by atoms with van der Waals surface area (Å²) in [6.45, 7) is 4.63. The molecule has 1 saturated heterocycles. The average Bonchev–Trinajstić information content (AvgIpc) is 2.78. The number of aromatic nitrogens is 1. The molecule has 0 radical (unpaired) electrons. The lowest BCUT2D eigenvalue weighted by atomic mass is 9.88. The molecule has 2 heterocycles. The van der Waals surface area contributed by atoms with Crippen LogP contribution in [0.4, 0.5) is 5.82 Å². The highest BCUT2D eigenvalue weighted by molar-refractivity contribution is 14.0. The SMILES string of the molecule is CN=C(NCc1c(O)ccc2c1CCCC2)NC1CCN(c2ccc(C)cn2)CC1.I. The third-order valence-corrected chi connectivity index (χ3v) is 6.34. The number of piperidine rings is 1. The fourth-order valence-corrected chi connectivity index (χ4v) is 4.55. The Labute approximate surface area is 202 Å². The molecule has 6 nitrogen and oxygen atoms in total. The number of nitrogens with zero attached hydrogens (tertiary/aromatic N) is 3. The van der Waals surface area contributed by atoms with Crippen LogP contribution in [-0.2, 0) is 19.4 Å². The number of nitrogens with one attached hydrogen (secondary N) is 2. The second kappa shape index (κ2) is 11.0. The molecule has 4 rings (SSSR count). The van der Waals surface area contributed by atoms with E-state index in [9.17, 15) is 5.11 Å². The number of aromatic hydroxyl groups is 1. The normalized spacial score (nSPS) is 17.0. The van der Waals surface area contributed by atoms with Crippen LogP contribution in [0.15, 0.2) is 35.5 Å². The van der Waals surface area contributed by atoms with Crippen LogP contribution >= 0.6 is 24.0 Å². The number of fused-ring (bicyclic) bond motifs is 1. The van der Waals surface area contributed by atoms with Crippen molar-refractivity contribution in [3.05, 3.63) is 52.7 Å². The maximum absolute atomic E-state index is 10.4. The molecular weight excluding hydrogens is 501 g/mol. The van der Waals surface area contributed by atoms with Gasteiger partial charge in [0, 0.05) is 44.5 Å². The zero-order valence-corrected chi connectivity index (χ0v) is 20.9. The van der Waals surface area contributed by atoms with Crippen LogP contribution < -0.4 is 15.5 Å². The molecule has 168 valence electrons. The summed E-state index contributed by atoms with van der Waals surface area (Å²) in [7, 11) is 1.81. The number of benzene rings is 1. The number of rotatable bonds is 4. The van der Waals surface area contributed by atoms with E-state index in [0.717, 1.165) is 56.1 Å².